The van der Waals surface area contributed by atoms with Gasteiger partial charge in [-0.15, -0.1) is 0 Å². The van der Waals surface area contributed by atoms with Gasteiger partial charge in [0.25, 0.3) is 0 Å². The minimum atomic E-state index is -0.956. The van der Waals surface area contributed by atoms with Gasteiger partial charge in [-0.1, -0.05) is 11.6 Å². The Kier molecular flexibility index (Phi) is 6.54. The van der Waals surface area contributed by atoms with E-state index in [1.807, 2.05) is 11.0 Å². The summed E-state index contributed by atoms with van der Waals surface area (Å²) >= 11 is 9.81. The van der Waals surface area contributed by atoms with Crippen molar-refractivity contribution in [3.63, 3.8) is 0 Å². The first-order chi connectivity index (χ1) is 12.9. The SMILES string of the molecule is COc1c(Cl)c(Br)cc2ncnc(N3CCN(C(=O)CCS(C)=O)CC3)c12. The molecule has 1 aromatic carbocycles. The van der Waals surface area contributed by atoms with E-state index in [1.165, 1.54) is 6.33 Å². The van der Waals surface area contributed by atoms with Gasteiger partial charge in [0.15, 0.2) is 5.75 Å². The van der Waals surface area contributed by atoms with Crippen molar-refractivity contribution in [1.82, 2.24) is 14.9 Å². The molecule has 1 aliphatic rings. The lowest BCUT2D eigenvalue weighted by Gasteiger charge is -2.36. The molecule has 1 saturated heterocycles. The summed E-state index contributed by atoms with van der Waals surface area (Å²) in [5.41, 5.74) is 0.733. The van der Waals surface area contributed by atoms with Crippen LogP contribution in [0.25, 0.3) is 10.9 Å². The summed E-state index contributed by atoms with van der Waals surface area (Å²) < 4.78 is 17.4. The Balaban J connectivity index is 1.82. The zero-order chi connectivity index (χ0) is 19.6. The van der Waals surface area contributed by atoms with Crippen LogP contribution in [0.2, 0.25) is 5.02 Å². The van der Waals surface area contributed by atoms with Crippen molar-refractivity contribution in [3.05, 3.63) is 21.9 Å². The van der Waals surface area contributed by atoms with Crippen LogP contribution in [0.1, 0.15) is 6.42 Å². The van der Waals surface area contributed by atoms with Crippen molar-refractivity contribution in [1.29, 1.82) is 0 Å². The molecule has 1 aromatic heterocycles. The molecule has 2 aromatic rings. The molecule has 1 fully saturated rings. The van der Waals surface area contributed by atoms with Crippen LogP contribution in [-0.2, 0) is 15.6 Å². The number of amides is 1. The van der Waals surface area contributed by atoms with E-state index in [0.717, 1.165) is 16.7 Å². The minimum absolute atomic E-state index is 0.0435. The molecular formula is C17H20BrClN4O3S. The lowest BCUT2D eigenvalue weighted by atomic mass is 10.2. The second-order valence-electron chi connectivity index (χ2n) is 6.19. The van der Waals surface area contributed by atoms with E-state index in [-0.39, 0.29) is 5.91 Å². The number of carbonyl (C=O) groups is 1. The molecule has 0 spiro atoms. The number of piperazine rings is 1. The minimum Gasteiger partial charge on any atom is -0.494 e. The Morgan fingerprint density at radius 3 is 2.67 bits per heavy atom. The average molecular weight is 476 g/mol. The van der Waals surface area contributed by atoms with Crippen LogP contribution in [0.4, 0.5) is 5.82 Å². The fourth-order valence-electron chi connectivity index (χ4n) is 3.11. The van der Waals surface area contributed by atoms with E-state index in [9.17, 15) is 9.00 Å². The molecule has 146 valence electrons. The van der Waals surface area contributed by atoms with Crippen molar-refractivity contribution in [2.24, 2.45) is 0 Å². The summed E-state index contributed by atoms with van der Waals surface area (Å²) in [5.74, 6) is 1.72. The molecule has 27 heavy (non-hydrogen) atoms. The van der Waals surface area contributed by atoms with E-state index in [1.54, 1.807) is 13.4 Å². The first kappa shape index (κ1) is 20.3. The molecule has 0 saturated carbocycles. The van der Waals surface area contributed by atoms with Gasteiger partial charge in [-0.2, -0.15) is 0 Å². The van der Waals surface area contributed by atoms with Crippen molar-refractivity contribution in [2.45, 2.75) is 6.42 Å². The normalized spacial score (nSPS) is 15.9. The molecule has 0 aliphatic carbocycles. The number of fused-ring (bicyclic) bond motifs is 1. The van der Waals surface area contributed by atoms with Gasteiger partial charge >= 0.3 is 0 Å². The van der Waals surface area contributed by atoms with Gasteiger partial charge in [0.05, 0.1) is 23.0 Å². The third-order valence-corrected chi connectivity index (χ3v) is 6.50. The van der Waals surface area contributed by atoms with Gasteiger partial charge in [-0.25, -0.2) is 9.97 Å². The Morgan fingerprint density at radius 2 is 2.04 bits per heavy atom. The van der Waals surface area contributed by atoms with Crippen molar-refractivity contribution < 1.29 is 13.7 Å². The van der Waals surface area contributed by atoms with E-state index < -0.39 is 10.8 Å². The van der Waals surface area contributed by atoms with Crippen LogP contribution < -0.4 is 9.64 Å². The molecule has 0 radical (unpaired) electrons. The average Bonchev–Trinajstić information content (AvgIpc) is 2.67. The maximum absolute atomic E-state index is 12.2. The summed E-state index contributed by atoms with van der Waals surface area (Å²) in [7, 11) is 0.611. The molecular weight excluding hydrogens is 456 g/mol. The number of benzene rings is 1. The van der Waals surface area contributed by atoms with Crippen molar-refractivity contribution in [2.75, 3.05) is 50.2 Å². The number of rotatable bonds is 5. The third kappa shape index (κ3) is 4.35. The molecule has 3 rings (SSSR count). The summed E-state index contributed by atoms with van der Waals surface area (Å²) in [4.78, 5) is 25.0. The molecule has 10 heteroatoms. The van der Waals surface area contributed by atoms with Gasteiger partial charge in [-0.3, -0.25) is 9.00 Å². The van der Waals surface area contributed by atoms with Crippen LogP contribution in [0.5, 0.6) is 5.75 Å². The fraction of sp³-hybridized carbons (Fsp3) is 0.471. The predicted molar refractivity (Wildman–Crippen MR) is 111 cm³/mol. The highest BCUT2D eigenvalue weighted by Gasteiger charge is 2.25. The molecule has 0 bridgehead atoms. The van der Waals surface area contributed by atoms with Crippen LogP contribution in [0.3, 0.4) is 0 Å². The summed E-state index contributed by atoms with van der Waals surface area (Å²) in [6, 6.07) is 1.84. The number of anilines is 1. The molecule has 1 unspecified atom stereocenters. The highest BCUT2D eigenvalue weighted by Crippen LogP contribution is 2.42. The quantitative estimate of drug-likeness (QED) is 0.661. The lowest BCUT2D eigenvalue weighted by molar-refractivity contribution is -0.131. The first-order valence-corrected chi connectivity index (χ1v) is 11.3. The van der Waals surface area contributed by atoms with Crippen LogP contribution >= 0.6 is 27.5 Å². The van der Waals surface area contributed by atoms with E-state index in [4.69, 9.17) is 16.3 Å². The number of aromatic nitrogens is 2. The van der Waals surface area contributed by atoms with Gasteiger partial charge in [-0.05, 0) is 22.0 Å². The molecule has 7 nitrogen and oxygen atoms in total. The Labute approximate surface area is 173 Å². The largest absolute Gasteiger partial charge is 0.494 e. The predicted octanol–water partition coefficient (Wildman–Crippen LogP) is 2.47. The second kappa shape index (κ2) is 8.70. The van der Waals surface area contributed by atoms with Crippen LogP contribution in [-0.4, -0.2) is 70.3 Å². The highest BCUT2D eigenvalue weighted by molar-refractivity contribution is 9.10. The number of methoxy groups -OCH3 is 1. The number of hydrogen-bond acceptors (Lipinski definition) is 6. The Hall–Kier alpha value is -1.45. The molecule has 1 amide bonds. The molecule has 1 atom stereocenters. The third-order valence-electron chi connectivity index (χ3n) is 4.50. The van der Waals surface area contributed by atoms with Gasteiger partial charge in [0.2, 0.25) is 5.91 Å². The van der Waals surface area contributed by atoms with Gasteiger partial charge in [0.1, 0.15) is 12.1 Å². The summed E-state index contributed by atoms with van der Waals surface area (Å²) in [6.45, 7) is 2.47. The smallest absolute Gasteiger partial charge is 0.223 e. The zero-order valence-corrected chi connectivity index (χ0v) is 18.2. The van der Waals surface area contributed by atoms with Crippen molar-refractivity contribution >= 4 is 61.0 Å². The van der Waals surface area contributed by atoms with Gasteiger partial charge < -0.3 is 14.5 Å². The Morgan fingerprint density at radius 1 is 1.33 bits per heavy atom. The van der Waals surface area contributed by atoms with E-state index in [0.29, 0.717) is 53.6 Å². The molecule has 1 aliphatic heterocycles. The van der Waals surface area contributed by atoms with Crippen LogP contribution in [0, 0.1) is 0 Å². The highest BCUT2D eigenvalue weighted by atomic mass is 79.9. The molecule has 0 N–H and O–H groups in total. The number of ether oxygens (including phenoxy) is 1. The molecule has 2 heterocycles. The Bertz CT molecular complexity index is 890. The number of hydrogen-bond donors (Lipinski definition) is 0. The standard InChI is InChI=1S/C17H20BrClN4O3S/c1-26-16-14-12(9-11(18)15(16)19)20-10-21-17(14)23-6-4-22(5-7-23)13(24)3-8-27(2)25/h9-10H,3-8H2,1-2H3. The number of carbonyl (C=O) groups excluding carboxylic acids is 1. The maximum atomic E-state index is 12.2. The number of nitrogens with zero attached hydrogens (tertiary/aromatic N) is 4. The fourth-order valence-corrected chi connectivity index (χ4v) is 4.19. The monoisotopic (exact) mass is 474 g/mol. The number of halogens is 2. The lowest BCUT2D eigenvalue weighted by Crippen LogP contribution is -2.49. The second-order valence-corrected chi connectivity index (χ2v) is 8.98. The van der Waals surface area contributed by atoms with E-state index in [2.05, 4.69) is 30.8 Å². The maximum Gasteiger partial charge on any atom is 0.223 e. The summed E-state index contributed by atoms with van der Waals surface area (Å²) in [5, 5.41) is 1.23. The zero-order valence-electron chi connectivity index (χ0n) is 15.1. The topological polar surface area (TPSA) is 75.6 Å². The van der Waals surface area contributed by atoms with E-state index >= 15 is 0 Å². The van der Waals surface area contributed by atoms with Gasteiger partial charge in [0, 0.05) is 59.9 Å². The van der Waals surface area contributed by atoms with Crippen LogP contribution in [0.15, 0.2) is 16.9 Å². The first-order valence-electron chi connectivity index (χ1n) is 8.41. The van der Waals surface area contributed by atoms with Crippen molar-refractivity contribution in [3.8, 4) is 5.75 Å². The summed E-state index contributed by atoms with van der Waals surface area (Å²) in [6.07, 6.45) is 3.45.